The van der Waals surface area contributed by atoms with E-state index in [4.69, 9.17) is 9.47 Å². The maximum atomic E-state index is 11.7. The smallest absolute Gasteiger partial charge is 0.407 e. The molecule has 0 aliphatic carbocycles. The molecule has 0 aromatic heterocycles. The van der Waals surface area contributed by atoms with Crippen molar-refractivity contribution < 1.29 is 14.3 Å². The van der Waals surface area contributed by atoms with Crippen molar-refractivity contribution in [1.29, 1.82) is 0 Å². The van der Waals surface area contributed by atoms with Gasteiger partial charge in [0.05, 0.1) is 7.11 Å². The topological polar surface area (TPSA) is 59.6 Å². The molecule has 1 aromatic rings. The SMILES string of the molecule is CCC(CNC(=O)OC(C)(C)C)NC(C)c1cccc(OC)c1. The van der Waals surface area contributed by atoms with Gasteiger partial charge in [0.15, 0.2) is 0 Å². The van der Waals surface area contributed by atoms with Gasteiger partial charge in [-0.25, -0.2) is 4.79 Å². The van der Waals surface area contributed by atoms with Gasteiger partial charge in [-0.05, 0) is 51.8 Å². The molecule has 130 valence electrons. The first kappa shape index (κ1) is 19.3. The Morgan fingerprint density at radius 1 is 1.30 bits per heavy atom. The first-order valence-corrected chi connectivity index (χ1v) is 8.12. The summed E-state index contributed by atoms with van der Waals surface area (Å²) in [5, 5.41) is 6.35. The number of benzene rings is 1. The van der Waals surface area contributed by atoms with Crippen LogP contribution in [0.25, 0.3) is 0 Å². The first-order valence-electron chi connectivity index (χ1n) is 8.12. The molecule has 0 spiro atoms. The molecule has 2 N–H and O–H groups in total. The Bertz CT molecular complexity index is 497. The quantitative estimate of drug-likeness (QED) is 0.804. The van der Waals surface area contributed by atoms with Crippen LogP contribution >= 0.6 is 0 Å². The van der Waals surface area contributed by atoms with Crippen molar-refractivity contribution in [2.45, 2.75) is 58.7 Å². The van der Waals surface area contributed by atoms with Gasteiger partial charge in [0.25, 0.3) is 0 Å². The van der Waals surface area contributed by atoms with Gasteiger partial charge >= 0.3 is 6.09 Å². The normalized spacial score (nSPS) is 14.0. The maximum absolute atomic E-state index is 11.7. The molecule has 0 aliphatic heterocycles. The average molecular weight is 322 g/mol. The Kier molecular flexibility index (Phi) is 7.36. The fourth-order valence-corrected chi connectivity index (χ4v) is 2.20. The van der Waals surface area contributed by atoms with Crippen LogP contribution in [0.5, 0.6) is 5.75 Å². The largest absolute Gasteiger partial charge is 0.497 e. The summed E-state index contributed by atoms with van der Waals surface area (Å²) >= 11 is 0. The molecule has 0 radical (unpaired) electrons. The highest BCUT2D eigenvalue weighted by atomic mass is 16.6. The van der Waals surface area contributed by atoms with Crippen LogP contribution in [0.1, 0.15) is 52.6 Å². The lowest BCUT2D eigenvalue weighted by Gasteiger charge is -2.25. The van der Waals surface area contributed by atoms with Crippen LogP contribution in [0.15, 0.2) is 24.3 Å². The summed E-state index contributed by atoms with van der Waals surface area (Å²) in [4.78, 5) is 11.7. The van der Waals surface area contributed by atoms with Gasteiger partial charge in [-0.3, -0.25) is 0 Å². The Labute approximate surface area is 139 Å². The molecule has 1 aromatic carbocycles. The number of alkyl carbamates (subject to hydrolysis) is 1. The van der Waals surface area contributed by atoms with Crippen molar-refractivity contribution in [2.75, 3.05) is 13.7 Å². The Balaban J connectivity index is 2.53. The molecular weight excluding hydrogens is 292 g/mol. The van der Waals surface area contributed by atoms with Gasteiger partial charge < -0.3 is 20.1 Å². The van der Waals surface area contributed by atoms with E-state index >= 15 is 0 Å². The molecule has 5 heteroatoms. The Morgan fingerprint density at radius 3 is 2.57 bits per heavy atom. The molecule has 0 fully saturated rings. The zero-order valence-corrected chi connectivity index (χ0v) is 15.1. The van der Waals surface area contributed by atoms with Crippen LogP contribution in [-0.4, -0.2) is 31.4 Å². The molecule has 0 saturated carbocycles. The second kappa shape index (κ2) is 8.77. The molecule has 1 rings (SSSR count). The number of carbonyl (C=O) groups excluding carboxylic acids is 1. The van der Waals surface area contributed by atoms with E-state index in [9.17, 15) is 4.79 Å². The van der Waals surface area contributed by atoms with Crippen molar-refractivity contribution in [1.82, 2.24) is 10.6 Å². The van der Waals surface area contributed by atoms with E-state index in [0.29, 0.717) is 6.54 Å². The lowest BCUT2D eigenvalue weighted by atomic mass is 10.1. The van der Waals surface area contributed by atoms with Gasteiger partial charge in [-0.15, -0.1) is 0 Å². The monoisotopic (exact) mass is 322 g/mol. The molecule has 2 unspecified atom stereocenters. The summed E-state index contributed by atoms with van der Waals surface area (Å²) in [7, 11) is 1.66. The van der Waals surface area contributed by atoms with Crippen LogP contribution in [0, 0.1) is 0 Å². The second-order valence-corrected chi connectivity index (χ2v) is 6.65. The van der Waals surface area contributed by atoms with Gasteiger partial charge in [0.2, 0.25) is 0 Å². The van der Waals surface area contributed by atoms with Crippen LogP contribution in [-0.2, 0) is 4.74 Å². The second-order valence-electron chi connectivity index (χ2n) is 6.65. The summed E-state index contributed by atoms with van der Waals surface area (Å²) in [6.45, 7) is 10.3. The molecule has 0 saturated heterocycles. The summed E-state index contributed by atoms with van der Waals surface area (Å²) in [6.07, 6.45) is 0.524. The molecule has 0 bridgehead atoms. The average Bonchev–Trinajstić information content (AvgIpc) is 2.49. The summed E-state index contributed by atoms with van der Waals surface area (Å²) < 4.78 is 10.5. The number of carbonyl (C=O) groups is 1. The zero-order valence-electron chi connectivity index (χ0n) is 15.1. The van der Waals surface area contributed by atoms with E-state index in [-0.39, 0.29) is 18.2 Å². The molecule has 1 amide bonds. The van der Waals surface area contributed by atoms with Gasteiger partial charge in [-0.2, -0.15) is 0 Å². The third-order valence-corrected chi connectivity index (χ3v) is 3.46. The number of nitrogens with one attached hydrogen (secondary N) is 2. The predicted octanol–water partition coefficient (Wildman–Crippen LogP) is 3.65. The van der Waals surface area contributed by atoms with E-state index in [2.05, 4.69) is 30.5 Å². The van der Waals surface area contributed by atoms with Crippen LogP contribution in [0.4, 0.5) is 4.79 Å². The number of amides is 1. The fourth-order valence-electron chi connectivity index (χ4n) is 2.20. The van der Waals surface area contributed by atoms with Crippen LogP contribution in [0.2, 0.25) is 0 Å². The lowest BCUT2D eigenvalue weighted by molar-refractivity contribution is 0.0521. The molecule has 0 heterocycles. The zero-order chi connectivity index (χ0) is 17.5. The highest BCUT2D eigenvalue weighted by Crippen LogP contribution is 2.19. The number of rotatable bonds is 7. The van der Waals surface area contributed by atoms with Crippen molar-refractivity contribution in [2.24, 2.45) is 0 Å². The minimum absolute atomic E-state index is 0.162. The van der Waals surface area contributed by atoms with E-state index in [0.717, 1.165) is 17.7 Å². The van der Waals surface area contributed by atoms with Crippen molar-refractivity contribution in [3.63, 3.8) is 0 Å². The first-order chi connectivity index (χ1) is 10.7. The highest BCUT2D eigenvalue weighted by molar-refractivity contribution is 5.67. The van der Waals surface area contributed by atoms with Gasteiger partial charge in [-0.1, -0.05) is 19.1 Å². The lowest BCUT2D eigenvalue weighted by Crippen LogP contribution is -2.43. The third-order valence-electron chi connectivity index (χ3n) is 3.46. The fraction of sp³-hybridized carbons (Fsp3) is 0.611. The van der Waals surface area contributed by atoms with Gasteiger partial charge in [0.1, 0.15) is 11.4 Å². The third kappa shape index (κ3) is 7.37. The van der Waals surface area contributed by atoms with Crippen molar-refractivity contribution >= 4 is 6.09 Å². The van der Waals surface area contributed by atoms with Crippen LogP contribution < -0.4 is 15.4 Å². The Morgan fingerprint density at radius 2 is 2.00 bits per heavy atom. The molecular formula is C18H30N2O3. The Hall–Kier alpha value is -1.75. The molecule has 5 nitrogen and oxygen atoms in total. The minimum Gasteiger partial charge on any atom is -0.497 e. The summed E-state index contributed by atoms with van der Waals surface area (Å²) in [5.41, 5.74) is 0.674. The number of methoxy groups -OCH3 is 1. The van der Waals surface area contributed by atoms with E-state index in [1.165, 1.54) is 0 Å². The van der Waals surface area contributed by atoms with E-state index in [1.807, 2.05) is 39.0 Å². The number of hydrogen-bond donors (Lipinski definition) is 2. The number of hydrogen-bond acceptors (Lipinski definition) is 4. The van der Waals surface area contributed by atoms with Crippen molar-refractivity contribution in [3.05, 3.63) is 29.8 Å². The molecule has 23 heavy (non-hydrogen) atoms. The standard InChI is InChI=1S/C18H30N2O3/c1-7-15(12-19-17(21)23-18(3,4)5)20-13(2)14-9-8-10-16(11-14)22-6/h8-11,13,15,20H,7,12H2,1-6H3,(H,19,21). The van der Waals surface area contributed by atoms with E-state index in [1.54, 1.807) is 7.11 Å². The minimum atomic E-state index is -0.479. The predicted molar refractivity (Wildman–Crippen MR) is 92.9 cm³/mol. The number of ether oxygens (including phenoxy) is 2. The van der Waals surface area contributed by atoms with E-state index < -0.39 is 5.60 Å². The molecule has 0 aliphatic rings. The highest BCUT2D eigenvalue weighted by Gasteiger charge is 2.18. The summed E-state index contributed by atoms with van der Waals surface area (Å²) in [5.74, 6) is 0.844. The van der Waals surface area contributed by atoms with Crippen molar-refractivity contribution in [3.8, 4) is 5.75 Å². The maximum Gasteiger partial charge on any atom is 0.407 e. The van der Waals surface area contributed by atoms with Gasteiger partial charge in [0, 0.05) is 18.6 Å². The molecule has 2 atom stereocenters. The summed E-state index contributed by atoms with van der Waals surface area (Å²) in [6, 6.07) is 8.32. The van der Waals surface area contributed by atoms with Crippen LogP contribution in [0.3, 0.4) is 0 Å².